The van der Waals surface area contributed by atoms with Crippen molar-refractivity contribution in [3.63, 3.8) is 0 Å². The molecule has 5 heteroatoms. The van der Waals surface area contributed by atoms with Crippen molar-refractivity contribution in [1.82, 2.24) is 14.5 Å². The Bertz CT molecular complexity index is 976. The number of hydrogen-bond donors (Lipinski definition) is 0. The third-order valence-electron chi connectivity index (χ3n) is 5.05. The lowest BCUT2D eigenvalue weighted by atomic mass is 10.1. The number of benzene rings is 2. The van der Waals surface area contributed by atoms with Crippen molar-refractivity contribution in [2.75, 3.05) is 6.54 Å². The van der Waals surface area contributed by atoms with Gasteiger partial charge in [0.25, 0.3) is 5.91 Å². The molecular weight excluding hydrogens is 365 g/mol. The average Bonchev–Trinajstić information content (AvgIpc) is 3.03. The molecule has 0 saturated carbocycles. The molecule has 0 aliphatic carbocycles. The second kappa shape index (κ2) is 9.21. The van der Waals surface area contributed by atoms with Crippen LogP contribution in [0.15, 0.2) is 42.5 Å². The fourth-order valence-corrected chi connectivity index (χ4v) is 3.64. The fourth-order valence-electron chi connectivity index (χ4n) is 3.64. The molecular formula is C24H30FN3O. The summed E-state index contributed by atoms with van der Waals surface area (Å²) in [6.45, 7) is 10.2. The summed E-state index contributed by atoms with van der Waals surface area (Å²) in [5.74, 6) is 0.858. The smallest absolute Gasteiger partial charge is 0.254 e. The summed E-state index contributed by atoms with van der Waals surface area (Å²) in [6, 6.07) is 12.5. The number of fused-ring (bicyclic) bond motifs is 1. The van der Waals surface area contributed by atoms with Gasteiger partial charge in [0, 0.05) is 18.7 Å². The molecule has 3 rings (SSSR count). The van der Waals surface area contributed by atoms with Crippen LogP contribution in [0.2, 0.25) is 0 Å². The topological polar surface area (TPSA) is 38.1 Å². The highest BCUT2D eigenvalue weighted by molar-refractivity contribution is 5.94. The van der Waals surface area contributed by atoms with E-state index in [0.717, 1.165) is 36.2 Å². The first-order valence-corrected chi connectivity index (χ1v) is 10.5. The number of amides is 1. The number of nitrogens with zero attached hydrogens (tertiary/aromatic N) is 3. The van der Waals surface area contributed by atoms with Crippen LogP contribution < -0.4 is 0 Å². The largest absolute Gasteiger partial charge is 0.331 e. The summed E-state index contributed by atoms with van der Waals surface area (Å²) < 4.78 is 15.8. The molecule has 0 atom stereocenters. The van der Waals surface area contributed by atoms with Gasteiger partial charge in [0.2, 0.25) is 0 Å². The highest BCUT2D eigenvalue weighted by Gasteiger charge is 2.21. The van der Waals surface area contributed by atoms with Gasteiger partial charge in [0.1, 0.15) is 11.6 Å². The van der Waals surface area contributed by atoms with E-state index in [1.54, 1.807) is 6.07 Å². The highest BCUT2D eigenvalue weighted by atomic mass is 19.1. The zero-order chi connectivity index (χ0) is 21.0. The minimum Gasteiger partial charge on any atom is -0.331 e. The Morgan fingerprint density at radius 1 is 1.14 bits per heavy atom. The number of rotatable bonds is 8. The van der Waals surface area contributed by atoms with Gasteiger partial charge in [0.05, 0.1) is 17.6 Å². The molecule has 0 N–H and O–H groups in total. The number of aryl methyl sites for hydroxylation is 2. The normalized spacial score (nSPS) is 11.4. The zero-order valence-electron chi connectivity index (χ0n) is 17.8. The third kappa shape index (κ3) is 4.84. The van der Waals surface area contributed by atoms with Gasteiger partial charge in [-0.3, -0.25) is 4.79 Å². The molecule has 1 amide bonds. The average molecular weight is 396 g/mol. The monoisotopic (exact) mass is 395 g/mol. The lowest BCUT2D eigenvalue weighted by Gasteiger charge is -2.25. The first-order chi connectivity index (χ1) is 13.9. The summed E-state index contributed by atoms with van der Waals surface area (Å²) in [7, 11) is 0. The minimum absolute atomic E-state index is 0.00244. The summed E-state index contributed by atoms with van der Waals surface area (Å²) in [4.78, 5) is 19.8. The van der Waals surface area contributed by atoms with Gasteiger partial charge in [-0.2, -0.15) is 0 Å². The summed E-state index contributed by atoms with van der Waals surface area (Å²) in [6.07, 6.45) is 1.85. The second-order valence-corrected chi connectivity index (χ2v) is 7.94. The van der Waals surface area contributed by atoms with E-state index in [9.17, 15) is 9.18 Å². The van der Waals surface area contributed by atoms with E-state index in [-0.39, 0.29) is 11.7 Å². The van der Waals surface area contributed by atoms with Crippen LogP contribution in [0, 0.1) is 11.7 Å². The van der Waals surface area contributed by atoms with E-state index in [4.69, 9.17) is 4.98 Å². The molecule has 0 unspecified atom stereocenters. The molecule has 4 nitrogen and oxygen atoms in total. The Hall–Kier alpha value is -2.69. The van der Waals surface area contributed by atoms with Crippen molar-refractivity contribution in [3.8, 4) is 0 Å². The number of carbonyl (C=O) groups excluding carboxylic acids is 1. The van der Waals surface area contributed by atoms with E-state index in [0.29, 0.717) is 24.6 Å². The molecule has 154 valence electrons. The van der Waals surface area contributed by atoms with Crippen LogP contribution in [0.1, 0.15) is 55.9 Å². The maximum atomic E-state index is 13.8. The van der Waals surface area contributed by atoms with Gasteiger partial charge in [0.15, 0.2) is 0 Å². The van der Waals surface area contributed by atoms with Crippen LogP contribution in [0.3, 0.4) is 0 Å². The second-order valence-electron chi connectivity index (χ2n) is 7.94. The number of carbonyl (C=O) groups is 1. The Kier molecular flexibility index (Phi) is 6.68. The molecule has 0 radical (unpaired) electrons. The summed E-state index contributed by atoms with van der Waals surface area (Å²) in [5.41, 5.74) is 3.45. The van der Waals surface area contributed by atoms with Crippen LogP contribution in [-0.4, -0.2) is 26.9 Å². The molecule has 1 heterocycles. The van der Waals surface area contributed by atoms with Gasteiger partial charge in [-0.1, -0.05) is 39.8 Å². The molecule has 0 saturated heterocycles. The molecule has 3 aromatic rings. The Labute approximate surface area is 172 Å². The first-order valence-electron chi connectivity index (χ1n) is 10.5. The predicted molar refractivity (Wildman–Crippen MR) is 115 cm³/mol. The van der Waals surface area contributed by atoms with Crippen molar-refractivity contribution in [1.29, 1.82) is 0 Å². The predicted octanol–water partition coefficient (Wildman–Crippen LogP) is 5.45. The van der Waals surface area contributed by atoms with Crippen LogP contribution >= 0.6 is 0 Å². The van der Waals surface area contributed by atoms with Crippen LogP contribution in [-0.2, 0) is 19.5 Å². The first kappa shape index (κ1) is 21.0. The zero-order valence-corrected chi connectivity index (χ0v) is 17.8. The Morgan fingerprint density at radius 3 is 2.48 bits per heavy atom. The summed E-state index contributed by atoms with van der Waals surface area (Å²) in [5, 5.41) is 0. The van der Waals surface area contributed by atoms with E-state index < -0.39 is 0 Å². The minimum atomic E-state index is -0.271. The van der Waals surface area contributed by atoms with E-state index in [1.165, 1.54) is 17.7 Å². The standard InChI is InChI=1S/C24H30FN3O/c1-5-13-28-22-14-20(25)11-12-21(22)26-23(28)16-27(15-17(3)4)24(29)19-9-7-18(6-2)8-10-19/h7-12,14,17H,5-6,13,15-16H2,1-4H3. The lowest BCUT2D eigenvalue weighted by Crippen LogP contribution is -2.34. The van der Waals surface area contributed by atoms with Crippen molar-refractivity contribution in [2.24, 2.45) is 5.92 Å². The molecule has 29 heavy (non-hydrogen) atoms. The number of hydrogen-bond acceptors (Lipinski definition) is 2. The van der Waals surface area contributed by atoms with Gasteiger partial charge < -0.3 is 9.47 Å². The van der Waals surface area contributed by atoms with Crippen molar-refractivity contribution < 1.29 is 9.18 Å². The molecule has 0 spiro atoms. The van der Waals surface area contributed by atoms with Gasteiger partial charge in [-0.15, -0.1) is 0 Å². The van der Waals surface area contributed by atoms with Crippen LogP contribution in [0.25, 0.3) is 11.0 Å². The van der Waals surface area contributed by atoms with Crippen molar-refractivity contribution >= 4 is 16.9 Å². The molecule has 2 aromatic carbocycles. The third-order valence-corrected chi connectivity index (χ3v) is 5.05. The molecule has 0 bridgehead atoms. The Balaban J connectivity index is 1.95. The van der Waals surface area contributed by atoms with Gasteiger partial charge in [-0.25, -0.2) is 9.37 Å². The highest BCUT2D eigenvalue weighted by Crippen LogP contribution is 2.21. The van der Waals surface area contributed by atoms with E-state index >= 15 is 0 Å². The molecule has 0 aliphatic rings. The van der Waals surface area contributed by atoms with Gasteiger partial charge >= 0.3 is 0 Å². The molecule has 0 fully saturated rings. The van der Waals surface area contributed by atoms with Crippen molar-refractivity contribution in [3.05, 3.63) is 65.2 Å². The SMILES string of the molecule is CCCn1c(CN(CC(C)C)C(=O)c2ccc(CC)cc2)nc2ccc(F)cc21. The lowest BCUT2D eigenvalue weighted by molar-refractivity contribution is 0.0716. The van der Waals surface area contributed by atoms with E-state index in [2.05, 4.69) is 27.7 Å². The van der Waals surface area contributed by atoms with Crippen LogP contribution in [0.5, 0.6) is 0 Å². The quantitative estimate of drug-likeness (QED) is 0.509. The maximum Gasteiger partial charge on any atom is 0.254 e. The van der Waals surface area contributed by atoms with Gasteiger partial charge in [-0.05, 0) is 54.7 Å². The summed E-state index contributed by atoms with van der Waals surface area (Å²) >= 11 is 0. The number of halogens is 1. The van der Waals surface area contributed by atoms with E-state index in [1.807, 2.05) is 33.7 Å². The molecule has 0 aliphatic heterocycles. The fraction of sp³-hybridized carbons (Fsp3) is 0.417. The maximum absolute atomic E-state index is 13.8. The number of imidazole rings is 1. The van der Waals surface area contributed by atoms with Crippen LogP contribution in [0.4, 0.5) is 4.39 Å². The Morgan fingerprint density at radius 2 is 1.86 bits per heavy atom. The molecule has 1 aromatic heterocycles. The van der Waals surface area contributed by atoms with Crippen molar-refractivity contribution in [2.45, 2.75) is 53.6 Å². The number of aromatic nitrogens is 2.